The number of nitrogens with zero attached hydrogens (tertiary/aromatic N) is 1. The molecule has 2 N–H and O–H groups in total. The number of carbonyl (C=O) groups excluding carboxylic acids is 3. The van der Waals surface area contributed by atoms with Gasteiger partial charge in [-0.2, -0.15) is 0 Å². The Morgan fingerprint density at radius 1 is 1.13 bits per heavy atom. The predicted molar refractivity (Wildman–Crippen MR) is 87.2 cm³/mol. The molecule has 2 rings (SSSR count). The van der Waals surface area contributed by atoms with Crippen molar-refractivity contribution in [2.24, 2.45) is 0 Å². The second-order valence-electron chi connectivity index (χ2n) is 4.97. The zero-order valence-electron chi connectivity index (χ0n) is 12.9. The zero-order valence-corrected chi connectivity index (χ0v) is 13.7. The lowest BCUT2D eigenvalue weighted by Crippen LogP contribution is -2.42. The smallest absolute Gasteiger partial charge is 0.288 e. The van der Waals surface area contributed by atoms with Crippen molar-refractivity contribution in [2.45, 2.75) is 26.7 Å². The lowest BCUT2D eigenvalue weighted by Gasteiger charge is -2.06. The molecule has 0 aliphatic carbocycles. The summed E-state index contributed by atoms with van der Waals surface area (Å²) < 4.78 is 0. The van der Waals surface area contributed by atoms with E-state index < -0.39 is 11.8 Å². The average molecular weight is 331 g/mol. The number of aromatic nitrogens is 1. The number of hydrazine groups is 1. The highest BCUT2D eigenvalue weighted by Crippen LogP contribution is 2.22. The van der Waals surface area contributed by atoms with Crippen LogP contribution in [-0.2, 0) is 4.79 Å². The van der Waals surface area contributed by atoms with E-state index in [2.05, 4.69) is 15.8 Å². The molecule has 0 aliphatic rings. The first kappa shape index (κ1) is 16.8. The maximum atomic E-state index is 12.1. The number of carbonyl (C=O) groups is 3. The molecule has 2 aromatic heterocycles. The molecule has 0 atom stereocenters. The van der Waals surface area contributed by atoms with Crippen LogP contribution in [-0.4, -0.2) is 22.6 Å². The summed E-state index contributed by atoms with van der Waals surface area (Å²) in [6.45, 7) is 3.83. The molecule has 0 bridgehead atoms. The topological polar surface area (TPSA) is 88.2 Å². The fourth-order valence-electron chi connectivity index (χ4n) is 2.02. The van der Waals surface area contributed by atoms with E-state index in [0.29, 0.717) is 5.56 Å². The first-order valence-electron chi connectivity index (χ1n) is 7.08. The third-order valence-corrected chi connectivity index (χ3v) is 4.10. The number of hydrogen-bond acceptors (Lipinski definition) is 5. The number of rotatable bonds is 5. The number of aryl methyl sites for hydroxylation is 2. The van der Waals surface area contributed by atoms with Crippen LogP contribution in [0, 0.1) is 13.8 Å². The highest BCUT2D eigenvalue weighted by atomic mass is 32.1. The van der Waals surface area contributed by atoms with Crippen LogP contribution < -0.4 is 10.9 Å². The van der Waals surface area contributed by atoms with Gasteiger partial charge in [0.25, 0.3) is 5.91 Å². The van der Waals surface area contributed by atoms with Gasteiger partial charge in [0, 0.05) is 34.4 Å². The SMILES string of the molecule is Cc1cc(C(=O)CCC(=O)NNC(=O)c2ccccn2)c(C)s1. The molecule has 0 aromatic carbocycles. The summed E-state index contributed by atoms with van der Waals surface area (Å²) in [7, 11) is 0. The summed E-state index contributed by atoms with van der Waals surface area (Å²) in [5.41, 5.74) is 5.41. The summed E-state index contributed by atoms with van der Waals surface area (Å²) >= 11 is 1.56. The molecule has 2 heterocycles. The number of hydrogen-bond donors (Lipinski definition) is 2. The molecule has 23 heavy (non-hydrogen) atoms. The molecule has 6 nitrogen and oxygen atoms in total. The van der Waals surface area contributed by atoms with Crippen molar-refractivity contribution in [3.05, 3.63) is 51.5 Å². The third kappa shape index (κ3) is 4.72. The highest BCUT2D eigenvalue weighted by molar-refractivity contribution is 7.12. The number of nitrogens with one attached hydrogen (secondary N) is 2. The Balaban J connectivity index is 1.78. The Labute approximate surface area is 137 Å². The predicted octanol–water partition coefficient (Wildman–Crippen LogP) is 2.18. The van der Waals surface area contributed by atoms with Crippen molar-refractivity contribution in [1.29, 1.82) is 0 Å². The zero-order chi connectivity index (χ0) is 16.8. The van der Waals surface area contributed by atoms with E-state index in [1.165, 1.54) is 12.3 Å². The van der Waals surface area contributed by atoms with Gasteiger partial charge in [0.15, 0.2) is 5.78 Å². The van der Waals surface area contributed by atoms with Crippen LogP contribution in [0.4, 0.5) is 0 Å². The lowest BCUT2D eigenvalue weighted by molar-refractivity contribution is -0.121. The molecule has 120 valence electrons. The van der Waals surface area contributed by atoms with Crippen molar-refractivity contribution < 1.29 is 14.4 Å². The molecule has 0 fully saturated rings. The molecule has 0 radical (unpaired) electrons. The first-order chi connectivity index (χ1) is 11.0. The monoisotopic (exact) mass is 331 g/mol. The van der Waals surface area contributed by atoms with Gasteiger partial charge in [-0.3, -0.25) is 30.2 Å². The van der Waals surface area contributed by atoms with E-state index in [4.69, 9.17) is 0 Å². The minimum atomic E-state index is -0.505. The molecule has 0 spiro atoms. The van der Waals surface area contributed by atoms with E-state index in [-0.39, 0.29) is 24.3 Å². The average Bonchev–Trinajstić information content (AvgIpc) is 2.89. The molecule has 0 aliphatic heterocycles. The van der Waals surface area contributed by atoms with Crippen LogP contribution in [0.25, 0.3) is 0 Å². The Kier molecular flexibility index (Phi) is 5.59. The summed E-state index contributed by atoms with van der Waals surface area (Å²) in [6.07, 6.45) is 1.60. The second kappa shape index (κ2) is 7.64. The van der Waals surface area contributed by atoms with Crippen LogP contribution in [0.2, 0.25) is 0 Å². The molecule has 2 amide bonds. The summed E-state index contributed by atoms with van der Waals surface area (Å²) in [5.74, 6) is -1.00. The first-order valence-corrected chi connectivity index (χ1v) is 7.89. The van der Waals surface area contributed by atoms with Gasteiger partial charge in [0.05, 0.1) is 0 Å². The molecule has 0 saturated carbocycles. The summed E-state index contributed by atoms with van der Waals surface area (Å²) in [6, 6.07) is 6.73. The second-order valence-corrected chi connectivity index (χ2v) is 6.43. The fourth-order valence-corrected chi connectivity index (χ4v) is 2.96. The lowest BCUT2D eigenvalue weighted by atomic mass is 10.1. The van der Waals surface area contributed by atoms with E-state index in [9.17, 15) is 14.4 Å². The molecular weight excluding hydrogens is 314 g/mol. The normalized spacial score (nSPS) is 10.2. The molecule has 0 unspecified atom stereocenters. The molecule has 0 saturated heterocycles. The Hall–Kier alpha value is -2.54. The quantitative estimate of drug-likeness (QED) is 0.649. The van der Waals surface area contributed by atoms with Crippen molar-refractivity contribution in [3.8, 4) is 0 Å². The number of thiophene rings is 1. The maximum absolute atomic E-state index is 12.1. The summed E-state index contributed by atoms with van der Waals surface area (Å²) in [4.78, 5) is 41.4. The van der Waals surface area contributed by atoms with Gasteiger partial charge in [-0.1, -0.05) is 6.07 Å². The molecule has 7 heteroatoms. The van der Waals surface area contributed by atoms with Gasteiger partial charge in [-0.15, -0.1) is 11.3 Å². The van der Waals surface area contributed by atoms with Crippen LogP contribution >= 0.6 is 11.3 Å². The highest BCUT2D eigenvalue weighted by Gasteiger charge is 2.14. The number of ketones is 1. The van der Waals surface area contributed by atoms with Crippen LogP contribution in [0.5, 0.6) is 0 Å². The third-order valence-electron chi connectivity index (χ3n) is 3.13. The number of amides is 2. The van der Waals surface area contributed by atoms with Crippen LogP contribution in [0.15, 0.2) is 30.5 Å². The minimum Gasteiger partial charge on any atom is -0.294 e. The van der Waals surface area contributed by atoms with Gasteiger partial charge in [0.1, 0.15) is 5.69 Å². The Morgan fingerprint density at radius 2 is 1.91 bits per heavy atom. The largest absolute Gasteiger partial charge is 0.294 e. The molecule has 2 aromatic rings. The van der Waals surface area contributed by atoms with Gasteiger partial charge in [-0.25, -0.2) is 0 Å². The fraction of sp³-hybridized carbons (Fsp3) is 0.250. The van der Waals surface area contributed by atoms with E-state index in [1.54, 1.807) is 23.5 Å². The van der Waals surface area contributed by atoms with Crippen molar-refractivity contribution in [1.82, 2.24) is 15.8 Å². The van der Waals surface area contributed by atoms with Gasteiger partial charge < -0.3 is 0 Å². The Bertz CT molecular complexity index is 725. The van der Waals surface area contributed by atoms with E-state index >= 15 is 0 Å². The number of pyridine rings is 1. The van der Waals surface area contributed by atoms with Crippen LogP contribution in [0.3, 0.4) is 0 Å². The minimum absolute atomic E-state index is 0.00959. The van der Waals surface area contributed by atoms with Crippen molar-refractivity contribution >= 4 is 28.9 Å². The van der Waals surface area contributed by atoms with Gasteiger partial charge in [0.2, 0.25) is 5.91 Å². The van der Waals surface area contributed by atoms with Crippen molar-refractivity contribution in [3.63, 3.8) is 0 Å². The molecular formula is C16H17N3O3S. The van der Waals surface area contributed by atoms with E-state index in [0.717, 1.165) is 9.75 Å². The maximum Gasteiger partial charge on any atom is 0.288 e. The Morgan fingerprint density at radius 3 is 2.52 bits per heavy atom. The standard InChI is InChI=1S/C16H17N3O3S/c1-10-9-12(11(2)23-10)14(20)6-7-15(21)18-19-16(22)13-5-3-4-8-17-13/h3-5,8-9H,6-7H2,1-2H3,(H,18,21)(H,19,22). The van der Waals surface area contributed by atoms with Crippen LogP contribution in [0.1, 0.15) is 43.4 Å². The van der Waals surface area contributed by atoms with Gasteiger partial charge in [-0.05, 0) is 32.0 Å². The van der Waals surface area contributed by atoms with E-state index in [1.807, 2.05) is 19.9 Å². The number of Topliss-reactive ketones (excluding diaryl/α,β-unsaturated/α-hetero) is 1. The summed E-state index contributed by atoms with van der Waals surface area (Å²) in [5, 5.41) is 0. The van der Waals surface area contributed by atoms with Crippen molar-refractivity contribution in [2.75, 3.05) is 0 Å². The van der Waals surface area contributed by atoms with Gasteiger partial charge >= 0.3 is 0 Å².